The van der Waals surface area contributed by atoms with Crippen molar-refractivity contribution in [3.63, 3.8) is 0 Å². The summed E-state index contributed by atoms with van der Waals surface area (Å²) < 4.78 is 3.37. The molecule has 0 aliphatic rings. The van der Waals surface area contributed by atoms with Gasteiger partial charge in [-0.3, -0.25) is 18.8 Å². The van der Waals surface area contributed by atoms with Crippen molar-refractivity contribution in [1.82, 2.24) is 24.6 Å². The van der Waals surface area contributed by atoms with E-state index in [2.05, 4.69) is 15.4 Å². The van der Waals surface area contributed by atoms with Crippen LogP contribution in [0.4, 0.5) is 0 Å². The molecule has 30 heavy (non-hydrogen) atoms. The number of fused-ring (bicyclic) bond motifs is 1. The van der Waals surface area contributed by atoms with Gasteiger partial charge in [-0.25, -0.2) is 4.98 Å². The van der Waals surface area contributed by atoms with E-state index in [9.17, 15) is 9.59 Å². The minimum absolute atomic E-state index is 0.0841. The molecule has 1 amide bonds. The maximum absolute atomic E-state index is 12.7. The van der Waals surface area contributed by atoms with Gasteiger partial charge in [0.05, 0.1) is 18.3 Å². The van der Waals surface area contributed by atoms with E-state index in [0.717, 1.165) is 26.4 Å². The minimum atomic E-state index is -0.103. The Kier molecular flexibility index (Phi) is 5.76. The lowest BCUT2D eigenvalue weighted by atomic mass is 10.1. The van der Waals surface area contributed by atoms with Crippen LogP contribution < -0.4 is 10.9 Å². The van der Waals surface area contributed by atoms with Gasteiger partial charge in [-0.1, -0.05) is 24.3 Å². The minimum Gasteiger partial charge on any atom is -0.352 e. The molecule has 0 saturated heterocycles. The van der Waals surface area contributed by atoms with Crippen molar-refractivity contribution in [2.75, 3.05) is 0 Å². The molecule has 0 bridgehead atoms. The van der Waals surface area contributed by atoms with E-state index in [1.165, 1.54) is 22.2 Å². The van der Waals surface area contributed by atoms with Crippen LogP contribution >= 0.6 is 11.3 Å². The molecule has 1 aromatic carbocycles. The van der Waals surface area contributed by atoms with E-state index >= 15 is 0 Å². The number of amides is 1. The highest BCUT2D eigenvalue weighted by atomic mass is 32.1. The maximum Gasteiger partial charge on any atom is 0.262 e. The van der Waals surface area contributed by atoms with Crippen LogP contribution in [0.25, 0.3) is 10.2 Å². The number of hydrogen-bond donors (Lipinski definition) is 1. The third-order valence-electron chi connectivity index (χ3n) is 5.22. The number of carbonyl (C=O) groups excluding carboxylic acids is 1. The van der Waals surface area contributed by atoms with Gasteiger partial charge in [-0.15, -0.1) is 11.3 Å². The molecule has 154 valence electrons. The van der Waals surface area contributed by atoms with E-state index < -0.39 is 0 Å². The first kappa shape index (κ1) is 20.0. The SMILES string of the molecule is Cc1sc2ncn(CCC(=O)NCc3ccccc3Cn3cccn3)c(=O)c2c1C. The van der Waals surface area contributed by atoms with Crippen molar-refractivity contribution in [1.29, 1.82) is 0 Å². The Morgan fingerprint density at radius 3 is 2.73 bits per heavy atom. The average Bonchev–Trinajstić information content (AvgIpc) is 3.35. The zero-order valence-corrected chi connectivity index (χ0v) is 17.8. The van der Waals surface area contributed by atoms with E-state index in [-0.39, 0.29) is 17.9 Å². The number of benzene rings is 1. The molecule has 8 heteroatoms. The normalized spacial score (nSPS) is 11.1. The summed E-state index contributed by atoms with van der Waals surface area (Å²) in [7, 11) is 0. The monoisotopic (exact) mass is 421 g/mol. The number of carbonyl (C=O) groups is 1. The second-order valence-electron chi connectivity index (χ2n) is 7.21. The second kappa shape index (κ2) is 8.62. The molecule has 0 aliphatic heterocycles. The number of hydrogen-bond acceptors (Lipinski definition) is 5. The van der Waals surface area contributed by atoms with Crippen molar-refractivity contribution in [2.24, 2.45) is 0 Å². The largest absolute Gasteiger partial charge is 0.352 e. The van der Waals surface area contributed by atoms with Crippen LogP contribution in [0.15, 0.2) is 53.8 Å². The van der Waals surface area contributed by atoms with Gasteiger partial charge >= 0.3 is 0 Å². The van der Waals surface area contributed by atoms with E-state index in [1.54, 1.807) is 6.20 Å². The summed E-state index contributed by atoms with van der Waals surface area (Å²) in [6.07, 6.45) is 5.41. The molecule has 0 saturated carbocycles. The predicted octanol–water partition coefficient (Wildman–Crippen LogP) is 3.03. The van der Waals surface area contributed by atoms with Crippen LogP contribution in [-0.2, 0) is 24.4 Å². The lowest BCUT2D eigenvalue weighted by Gasteiger charge is -2.11. The van der Waals surface area contributed by atoms with Gasteiger partial charge in [0.1, 0.15) is 4.83 Å². The number of nitrogens with zero attached hydrogens (tertiary/aromatic N) is 4. The van der Waals surface area contributed by atoms with Gasteiger partial charge in [0.15, 0.2) is 0 Å². The third-order valence-corrected chi connectivity index (χ3v) is 6.34. The quantitative estimate of drug-likeness (QED) is 0.497. The molecule has 3 heterocycles. The first-order valence-corrected chi connectivity index (χ1v) is 10.6. The number of aromatic nitrogens is 4. The molecule has 1 N–H and O–H groups in total. The summed E-state index contributed by atoms with van der Waals surface area (Å²) in [6, 6.07) is 9.86. The topological polar surface area (TPSA) is 81.8 Å². The highest BCUT2D eigenvalue weighted by molar-refractivity contribution is 7.18. The van der Waals surface area contributed by atoms with Crippen LogP contribution in [0.2, 0.25) is 0 Å². The average molecular weight is 422 g/mol. The Bertz CT molecular complexity index is 1240. The zero-order chi connectivity index (χ0) is 21.1. The summed E-state index contributed by atoms with van der Waals surface area (Å²) in [5.41, 5.74) is 3.04. The van der Waals surface area contributed by atoms with Crippen molar-refractivity contribution in [2.45, 2.75) is 39.9 Å². The number of thiophene rings is 1. The van der Waals surface area contributed by atoms with Crippen LogP contribution in [0.5, 0.6) is 0 Å². The van der Waals surface area contributed by atoms with Crippen LogP contribution in [0.3, 0.4) is 0 Å². The van der Waals surface area contributed by atoms with E-state index in [1.807, 2.05) is 55.1 Å². The highest BCUT2D eigenvalue weighted by Crippen LogP contribution is 2.25. The molecule has 0 radical (unpaired) electrons. The fourth-order valence-corrected chi connectivity index (χ4v) is 4.37. The second-order valence-corrected chi connectivity index (χ2v) is 8.41. The van der Waals surface area contributed by atoms with Gasteiger partial charge < -0.3 is 5.32 Å². The number of rotatable bonds is 7. The molecule has 0 aliphatic carbocycles. The summed E-state index contributed by atoms with van der Waals surface area (Å²) >= 11 is 1.52. The van der Waals surface area contributed by atoms with Crippen LogP contribution in [0, 0.1) is 13.8 Å². The Balaban J connectivity index is 1.38. The Hall–Kier alpha value is -3.26. The smallest absolute Gasteiger partial charge is 0.262 e. The van der Waals surface area contributed by atoms with Gasteiger partial charge in [0.25, 0.3) is 5.56 Å². The molecule has 4 aromatic rings. The van der Waals surface area contributed by atoms with Gasteiger partial charge in [-0.2, -0.15) is 5.10 Å². The van der Waals surface area contributed by atoms with Gasteiger partial charge in [0.2, 0.25) is 5.91 Å². The lowest BCUT2D eigenvalue weighted by molar-refractivity contribution is -0.121. The molecule has 0 fully saturated rings. The molecule has 3 aromatic heterocycles. The molecule has 7 nitrogen and oxygen atoms in total. The van der Waals surface area contributed by atoms with Gasteiger partial charge in [-0.05, 0) is 36.6 Å². The standard InChI is InChI=1S/C22H23N5O2S/c1-15-16(2)30-21-20(15)22(29)26(14-24-21)11-8-19(28)23-12-17-6-3-4-7-18(17)13-27-10-5-9-25-27/h3-7,9-10,14H,8,11-13H2,1-2H3,(H,23,28). The maximum atomic E-state index is 12.7. The van der Waals surface area contributed by atoms with Crippen molar-refractivity contribution >= 4 is 27.5 Å². The first-order valence-electron chi connectivity index (χ1n) is 9.79. The third kappa shape index (κ3) is 4.18. The highest BCUT2D eigenvalue weighted by Gasteiger charge is 2.13. The van der Waals surface area contributed by atoms with Crippen LogP contribution in [0.1, 0.15) is 28.0 Å². The molecule has 0 atom stereocenters. The summed E-state index contributed by atoms with van der Waals surface area (Å²) in [5.74, 6) is -0.103. The fraction of sp³-hybridized carbons (Fsp3) is 0.273. The lowest BCUT2D eigenvalue weighted by Crippen LogP contribution is -2.27. The summed E-state index contributed by atoms with van der Waals surface area (Å²) in [6.45, 7) is 5.32. The first-order chi connectivity index (χ1) is 14.5. The predicted molar refractivity (Wildman–Crippen MR) is 118 cm³/mol. The number of aryl methyl sites for hydroxylation is 3. The van der Waals surface area contributed by atoms with E-state index in [0.29, 0.717) is 25.0 Å². The Morgan fingerprint density at radius 2 is 1.97 bits per heavy atom. The summed E-state index contributed by atoms with van der Waals surface area (Å²) in [5, 5.41) is 7.86. The molecule has 0 spiro atoms. The molecular formula is C22H23N5O2S. The molecular weight excluding hydrogens is 398 g/mol. The van der Waals surface area contributed by atoms with Crippen molar-refractivity contribution in [3.8, 4) is 0 Å². The number of nitrogens with one attached hydrogen (secondary N) is 1. The zero-order valence-electron chi connectivity index (χ0n) is 17.0. The van der Waals surface area contributed by atoms with Crippen molar-refractivity contribution in [3.05, 3.63) is 81.0 Å². The van der Waals surface area contributed by atoms with E-state index in [4.69, 9.17) is 0 Å². The van der Waals surface area contributed by atoms with Crippen molar-refractivity contribution < 1.29 is 4.79 Å². The van der Waals surface area contributed by atoms with Gasteiger partial charge in [0, 0.05) is 36.8 Å². The summed E-state index contributed by atoms with van der Waals surface area (Å²) in [4.78, 5) is 31.4. The molecule has 0 unspecified atom stereocenters. The molecule has 4 rings (SSSR count). The van der Waals surface area contributed by atoms with Crippen LogP contribution in [-0.4, -0.2) is 25.2 Å². The Morgan fingerprint density at radius 1 is 1.17 bits per heavy atom. The fourth-order valence-electron chi connectivity index (χ4n) is 3.39. The Labute approximate surface area is 178 Å².